The lowest BCUT2D eigenvalue weighted by Gasteiger charge is -2.08. The van der Waals surface area contributed by atoms with Gasteiger partial charge in [0, 0.05) is 11.8 Å². The van der Waals surface area contributed by atoms with Gasteiger partial charge in [0.05, 0.1) is 0 Å². The summed E-state index contributed by atoms with van der Waals surface area (Å²) in [6.07, 6.45) is 0. The van der Waals surface area contributed by atoms with E-state index in [4.69, 9.17) is 9.52 Å². The molecular weight excluding hydrogens is 294 g/mol. The zero-order valence-electron chi connectivity index (χ0n) is 11.8. The van der Waals surface area contributed by atoms with Gasteiger partial charge in [0.1, 0.15) is 10.7 Å². The molecule has 0 saturated heterocycles. The minimum atomic E-state index is -3.90. The zero-order valence-corrected chi connectivity index (χ0v) is 12.6. The number of anilines is 1. The SMILES string of the molecule is Cc1cc(C)cc(NS(=O)(=O)c2cc(C(=O)O)oc2C)c1. The topological polar surface area (TPSA) is 96.6 Å². The molecule has 1 aromatic heterocycles. The molecule has 21 heavy (non-hydrogen) atoms. The van der Waals surface area contributed by atoms with Gasteiger partial charge in [-0.05, 0) is 44.0 Å². The van der Waals surface area contributed by atoms with Gasteiger partial charge in [0.2, 0.25) is 5.76 Å². The Morgan fingerprint density at radius 3 is 2.14 bits per heavy atom. The highest BCUT2D eigenvalue weighted by Gasteiger charge is 2.24. The van der Waals surface area contributed by atoms with Crippen molar-refractivity contribution in [1.82, 2.24) is 0 Å². The van der Waals surface area contributed by atoms with Gasteiger partial charge in [-0.1, -0.05) is 6.07 Å². The van der Waals surface area contributed by atoms with Crippen molar-refractivity contribution in [3.8, 4) is 0 Å². The number of carboxylic acids is 1. The molecule has 2 aromatic rings. The molecule has 0 atom stereocenters. The number of hydrogen-bond donors (Lipinski definition) is 2. The van der Waals surface area contributed by atoms with Crippen LogP contribution in [0.4, 0.5) is 5.69 Å². The Kier molecular flexibility index (Phi) is 3.78. The van der Waals surface area contributed by atoms with Crippen LogP contribution in [0.5, 0.6) is 0 Å². The molecule has 0 aliphatic rings. The van der Waals surface area contributed by atoms with Crippen LogP contribution in [0, 0.1) is 20.8 Å². The van der Waals surface area contributed by atoms with Gasteiger partial charge in [-0.2, -0.15) is 0 Å². The van der Waals surface area contributed by atoms with E-state index in [1.54, 1.807) is 12.1 Å². The molecule has 0 spiro atoms. The van der Waals surface area contributed by atoms with Crippen molar-refractivity contribution in [1.29, 1.82) is 0 Å². The summed E-state index contributed by atoms with van der Waals surface area (Å²) in [6, 6.07) is 6.31. The number of rotatable bonds is 4. The van der Waals surface area contributed by atoms with E-state index in [1.165, 1.54) is 6.92 Å². The van der Waals surface area contributed by atoms with Crippen molar-refractivity contribution < 1.29 is 22.7 Å². The highest BCUT2D eigenvalue weighted by Crippen LogP contribution is 2.24. The summed E-state index contributed by atoms with van der Waals surface area (Å²) in [4.78, 5) is 10.7. The Balaban J connectivity index is 2.40. The molecule has 0 fully saturated rings. The van der Waals surface area contributed by atoms with Crippen LogP contribution in [0.2, 0.25) is 0 Å². The molecule has 1 heterocycles. The molecule has 112 valence electrons. The number of carboxylic acid groups (broad SMARTS) is 1. The molecule has 7 heteroatoms. The van der Waals surface area contributed by atoms with Crippen LogP contribution in [0.25, 0.3) is 0 Å². The molecule has 0 aliphatic heterocycles. The molecule has 1 aromatic carbocycles. The zero-order chi connectivity index (χ0) is 15.8. The maximum absolute atomic E-state index is 12.3. The Labute approximate surface area is 122 Å². The second-order valence-electron chi connectivity index (χ2n) is 4.82. The second-order valence-corrected chi connectivity index (χ2v) is 6.47. The highest BCUT2D eigenvalue weighted by atomic mass is 32.2. The summed E-state index contributed by atoms with van der Waals surface area (Å²) < 4.78 is 32.0. The van der Waals surface area contributed by atoms with Crippen LogP contribution in [-0.4, -0.2) is 19.5 Å². The van der Waals surface area contributed by atoms with E-state index in [0.29, 0.717) is 5.69 Å². The van der Waals surface area contributed by atoms with E-state index in [1.807, 2.05) is 19.9 Å². The highest BCUT2D eigenvalue weighted by molar-refractivity contribution is 7.92. The van der Waals surface area contributed by atoms with Crippen LogP contribution in [-0.2, 0) is 10.0 Å². The van der Waals surface area contributed by atoms with Crippen LogP contribution in [0.15, 0.2) is 33.6 Å². The van der Waals surface area contributed by atoms with Crippen LogP contribution >= 0.6 is 0 Å². The summed E-state index contributed by atoms with van der Waals surface area (Å²) in [6.45, 7) is 5.12. The lowest BCUT2D eigenvalue weighted by atomic mass is 10.1. The van der Waals surface area contributed by atoms with E-state index in [0.717, 1.165) is 17.2 Å². The number of aryl methyl sites for hydroxylation is 3. The van der Waals surface area contributed by atoms with E-state index >= 15 is 0 Å². The molecule has 2 rings (SSSR count). The predicted octanol–water partition coefficient (Wildman–Crippen LogP) is 2.70. The monoisotopic (exact) mass is 309 g/mol. The van der Waals surface area contributed by atoms with Crippen molar-refractivity contribution in [2.75, 3.05) is 4.72 Å². The fraction of sp³-hybridized carbons (Fsp3) is 0.214. The van der Waals surface area contributed by atoms with Crippen molar-refractivity contribution in [2.45, 2.75) is 25.7 Å². The van der Waals surface area contributed by atoms with Gasteiger partial charge >= 0.3 is 5.97 Å². The van der Waals surface area contributed by atoms with Gasteiger partial charge in [-0.15, -0.1) is 0 Å². The summed E-state index contributed by atoms with van der Waals surface area (Å²) in [5.74, 6) is -1.69. The van der Waals surface area contributed by atoms with Crippen molar-refractivity contribution in [3.63, 3.8) is 0 Å². The summed E-state index contributed by atoms with van der Waals surface area (Å²) >= 11 is 0. The van der Waals surface area contributed by atoms with Crippen molar-refractivity contribution in [2.24, 2.45) is 0 Å². The third-order valence-corrected chi connectivity index (χ3v) is 4.34. The van der Waals surface area contributed by atoms with E-state index < -0.39 is 21.8 Å². The number of nitrogens with one attached hydrogen (secondary N) is 1. The Morgan fingerprint density at radius 2 is 1.67 bits per heavy atom. The molecule has 0 amide bonds. The number of furan rings is 1. The minimum absolute atomic E-state index is 0.0317. The largest absolute Gasteiger partial charge is 0.475 e. The summed E-state index contributed by atoms with van der Waals surface area (Å²) in [5, 5.41) is 8.84. The van der Waals surface area contributed by atoms with E-state index in [2.05, 4.69) is 4.72 Å². The molecule has 2 N–H and O–H groups in total. The smallest absolute Gasteiger partial charge is 0.371 e. The average molecular weight is 309 g/mol. The van der Waals surface area contributed by atoms with E-state index in [-0.39, 0.29) is 10.7 Å². The lowest BCUT2D eigenvalue weighted by molar-refractivity contribution is 0.0661. The standard InChI is InChI=1S/C14H15NO5S/c1-8-4-9(2)6-11(5-8)15-21(18,19)13-7-12(14(16)17)20-10(13)3/h4-7,15H,1-3H3,(H,16,17). The number of hydrogen-bond acceptors (Lipinski definition) is 4. The molecule has 0 bridgehead atoms. The molecular formula is C14H15NO5S. The number of sulfonamides is 1. The first-order valence-electron chi connectivity index (χ1n) is 6.14. The fourth-order valence-corrected chi connectivity index (χ4v) is 3.30. The van der Waals surface area contributed by atoms with Gasteiger partial charge in [-0.3, -0.25) is 4.72 Å². The van der Waals surface area contributed by atoms with Crippen LogP contribution in [0.3, 0.4) is 0 Å². The van der Waals surface area contributed by atoms with Gasteiger partial charge in [0.15, 0.2) is 0 Å². The van der Waals surface area contributed by atoms with Crippen molar-refractivity contribution >= 4 is 21.7 Å². The maximum Gasteiger partial charge on any atom is 0.371 e. The van der Waals surface area contributed by atoms with Gasteiger partial charge in [0.25, 0.3) is 10.0 Å². The van der Waals surface area contributed by atoms with Gasteiger partial charge in [-0.25, -0.2) is 13.2 Å². The van der Waals surface area contributed by atoms with Crippen LogP contribution < -0.4 is 4.72 Å². The number of benzene rings is 1. The first-order valence-corrected chi connectivity index (χ1v) is 7.62. The molecule has 0 unspecified atom stereocenters. The third-order valence-electron chi connectivity index (χ3n) is 2.85. The predicted molar refractivity (Wildman–Crippen MR) is 77.1 cm³/mol. The lowest BCUT2D eigenvalue weighted by Crippen LogP contribution is -2.13. The number of carbonyl (C=O) groups is 1. The third kappa shape index (κ3) is 3.25. The Hall–Kier alpha value is -2.28. The van der Waals surface area contributed by atoms with Crippen molar-refractivity contribution in [3.05, 3.63) is 46.9 Å². The molecule has 0 aliphatic carbocycles. The first-order chi connectivity index (χ1) is 9.69. The second kappa shape index (κ2) is 5.25. The molecule has 0 radical (unpaired) electrons. The summed E-state index contributed by atoms with van der Waals surface area (Å²) in [5.41, 5.74) is 2.26. The number of aromatic carboxylic acids is 1. The normalized spacial score (nSPS) is 11.4. The Bertz CT molecular complexity index is 785. The summed E-state index contributed by atoms with van der Waals surface area (Å²) in [7, 11) is -3.90. The van der Waals surface area contributed by atoms with Gasteiger partial charge < -0.3 is 9.52 Å². The Morgan fingerprint density at radius 1 is 1.10 bits per heavy atom. The fourth-order valence-electron chi connectivity index (χ4n) is 2.08. The quantitative estimate of drug-likeness (QED) is 0.905. The maximum atomic E-state index is 12.3. The van der Waals surface area contributed by atoms with E-state index in [9.17, 15) is 13.2 Å². The first kappa shape index (κ1) is 15.1. The molecule has 0 saturated carbocycles. The minimum Gasteiger partial charge on any atom is -0.475 e. The molecule has 6 nitrogen and oxygen atoms in total. The van der Waals surface area contributed by atoms with Crippen LogP contribution in [0.1, 0.15) is 27.4 Å². The average Bonchev–Trinajstić information content (AvgIpc) is 2.70.